The predicted molar refractivity (Wildman–Crippen MR) is 115 cm³/mol. The van der Waals surface area contributed by atoms with E-state index in [0.29, 0.717) is 29.4 Å². The SMILES string of the molecule is CCOC(=O)c1ccc(-c2ccc(/C=C(\C#N)C3=NC(=O)C4C=CC=CC4=N3)o2)cc1. The minimum atomic E-state index is -0.499. The van der Waals surface area contributed by atoms with Gasteiger partial charge in [-0.3, -0.25) is 4.79 Å². The number of amidine groups is 1. The second-order valence-electron chi connectivity index (χ2n) is 6.70. The van der Waals surface area contributed by atoms with E-state index < -0.39 is 5.92 Å². The van der Waals surface area contributed by atoms with Crippen molar-refractivity contribution in [2.24, 2.45) is 15.9 Å². The van der Waals surface area contributed by atoms with Crippen molar-refractivity contribution in [3.63, 3.8) is 0 Å². The van der Waals surface area contributed by atoms with Crippen LogP contribution in [0.1, 0.15) is 23.0 Å². The molecular weight excluding hydrogens is 394 g/mol. The van der Waals surface area contributed by atoms with Gasteiger partial charge >= 0.3 is 5.97 Å². The maximum atomic E-state index is 12.3. The smallest absolute Gasteiger partial charge is 0.338 e. The van der Waals surface area contributed by atoms with Crippen molar-refractivity contribution in [3.05, 3.63) is 77.6 Å². The van der Waals surface area contributed by atoms with Gasteiger partial charge < -0.3 is 9.15 Å². The molecule has 4 rings (SSSR count). The lowest BCUT2D eigenvalue weighted by Crippen LogP contribution is -2.27. The van der Waals surface area contributed by atoms with Crippen LogP contribution < -0.4 is 0 Å². The van der Waals surface area contributed by atoms with Crippen LogP contribution in [0.5, 0.6) is 0 Å². The molecule has 7 nitrogen and oxygen atoms in total. The third-order valence-electron chi connectivity index (χ3n) is 4.67. The number of benzene rings is 1. The minimum Gasteiger partial charge on any atom is -0.462 e. The van der Waals surface area contributed by atoms with E-state index in [-0.39, 0.29) is 23.3 Å². The fourth-order valence-corrected chi connectivity index (χ4v) is 3.15. The molecule has 1 amide bonds. The highest BCUT2D eigenvalue weighted by atomic mass is 16.5. The van der Waals surface area contributed by atoms with E-state index in [1.54, 1.807) is 67.6 Å². The molecule has 31 heavy (non-hydrogen) atoms. The van der Waals surface area contributed by atoms with Crippen LogP contribution in [0.3, 0.4) is 0 Å². The number of hydrogen-bond acceptors (Lipinski definition) is 6. The molecule has 1 aromatic heterocycles. The second kappa shape index (κ2) is 8.59. The molecule has 152 valence electrons. The molecule has 2 heterocycles. The van der Waals surface area contributed by atoms with Crippen LogP contribution in [0.4, 0.5) is 0 Å². The van der Waals surface area contributed by atoms with Crippen LogP contribution in [-0.4, -0.2) is 30.0 Å². The summed E-state index contributed by atoms with van der Waals surface area (Å²) in [6.45, 7) is 2.06. The topological polar surface area (TPSA) is 105 Å². The number of nitrogens with zero attached hydrogens (tertiary/aromatic N) is 3. The maximum Gasteiger partial charge on any atom is 0.338 e. The van der Waals surface area contributed by atoms with E-state index in [9.17, 15) is 14.9 Å². The predicted octanol–water partition coefficient (Wildman–Crippen LogP) is 4.15. The summed E-state index contributed by atoms with van der Waals surface area (Å²) in [4.78, 5) is 32.4. The van der Waals surface area contributed by atoms with Gasteiger partial charge in [-0.15, -0.1) is 0 Å². The summed E-state index contributed by atoms with van der Waals surface area (Å²) in [5.41, 5.74) is 1.90. The molecule has 0 spiro atoms. The number of esters is 1. The summed E-state index contributed by atoms with van der Waals surface area (Å²) in [6.07, 6.45) is 8.51. The van der Waals surface area contributed by atoms with Gasteiger partial charge in [0, 0.05) is 11.6 Å². The Balaban J connectivity index is 1.57. The van der Waals surface area contributed by atoms with Crippen molar-refractivity contribution in [3.8, 4) is 17.4 Å². The molecule has 1 aliphatic heterocycles. The number of allylic oxidation sites excluding steroid dienone is 3. The molecule has 0 N–H and O–H groups in total. The Kier molecular flexibility index (Phi) is 5.54. The van der Waals surface area contributed by atoms with Gasteiger partial charge in [0.15, 0.2) is 5.84 Å². The average Bonchev–Trinajstić information content (AvgIpc) is 3.26. The van der Waals surface area contributed by atoms with Gasteiger partial charge in [0.2, 0.25) is 0 Å². The normalized spacial score (nSPS) is 17.5. The van der Waals surface area contributed by atoms with Crippen molar-refractivity contribution in [2.45, 2.75) is 6.92 Å². The Bertz CT molecular complexity index is 1230. The van der Waals surface area contributed by atoms with E-state index in [1.807, 2.05) is 6.07 Å². The summed E-state index contributed by atoms with van der Waals surface area (Å²) >= 11 is 0. The molecule has 1 atom stereocenters. The zero-order chi connectivity index (χ0) is 21.8. The number of fused-ring (bicyclic) bond motifs is 1. The van der Waals surface area contributed by atoms with Gasteiger partial charge in [-0.05, 0) is 37.3 Å². The number of ether oxygens (including phenoxy) is 1. The van der Waals surface area contributed by atoms with Crippen molar-refractivity contribution in [1.82, 2.24) is 0 Å². The molecule has 0 bridgehead atoms. The number of carbonyl (C=O) groups is 2. The summed E-state index contributed by atoms with van der Waals surface area (Å²) in [5.74, 6) is -0.198. The summed E-state index contributed by atoms with van der Waals surface area (Å²) in [7, 11) is 0. The lowest BCUT2D eigenvalue weighted by Gasteiger charge is -2.17. The van der Waals surface area contributed by atoms with Crippen molar-refractivity contribution in [2.75, 3.05) is 6.61 Å². The van der Waals surface area contributed by atoms with Gasteiger partial charge in [-0.1, -0.05) is 30.4 Å². The molecule has 2 aliphatic rings. The first-order valence-corrected chi connectivity index (χ1v) is 9.64. The lowest BCUT2D eigenvalue weighted by molar-refractivity contribution is -0.118. The summed E-state index contributed by atoms with van der Waals surface area (Å²) < 4.78 is 10.8. The molecule has 2 aromatic rings. The monoisotopic (exact) mass is 411 g/mol. The highest BCUT2D eigenvalue weighted by molar-refractivity contribution is 6.26. The Hall–Kier alpha value is -4.31. The number of aliphatic imine (C=N–C) groups is 2. The van der Waals surface area contributed by atoms with Gasteiger partial charge in [0.25, 0.3) is 5.91 Å². The molecular formula is C24H17N3O4. The molecule has 0 saturated carbocycles. The third-order valence-corrected chi connectivity index (χ3v) is 4.67. The lowest BCUT2D eigenvalue weighted by atomic mass is 9.96. The molecule has 1 aromatic carbocycles. The number of furan rings is 1. The minimum absolute atomic E-state index is 0.0652. The highest BCUT2D eigenvalue weighted by Crippen LogP contribution is 2.25. The molecule has 0 fully saturated rings. The molecule has 7 heteroatoms. The van der Waals surface area contributed by atoms with Crippen LogP contribution in [0.2, 0.25) is 0 Å². The number of nitriles is 1. The Labute approximate surface area is 178 Å². The maximum absolute atomic E-state index is 12.3. The van der Waals surface area contributed by atoms with Crippen LogP contribution >= 0.6 is 0 Å². The Morgan fingerprint density at radius 2 is 2.00 bits per heavy atom. The van der Waals surface area contributed by atoms with Crippen molar-refractivity contribution >= 4 is 29.5 Å². The van der Waals surface area contributed by atoms with E-state index in [0.717, 1.165) is 5.56 Å². The van der Waals surface area contributed by atoms with Gasteiger partial charge in [-0.25, -0.2) is 9.79 Å². The number of carbonyl (C=O) groups excluding carboxylic acids is 2. The fourth-order valence-electron chi connectivity index (χ4n) is 3.15. The first-order valence-electron chi connectivity index (χ1n) is 9.64. The van der Waals surface area contributed by atoms with Crippen LogP contribution in [0.15, 0.2) is 80.7 Å². The number of hydrogen-bond donors (Lipinski definition) is 0. The molecule has 1 aliphatic carbocycles. The van der Waals surface area contributed by atoms with Crippen LogP contribution in [0.25, 0.3) is 17.4 Å². The van der Waals surface area contributed by atoms with Crippen LogP contribution in [-0.2, 0) is 9.53 Å². The molecule has 0 radical (unpaired) electrons. The Morgan fingerprint density at radius 1 is 1.19 bits per heavy atom. The standard InChI is InChI=1S/C24H17N3O4/c1-2-30-24(29)16-9-7-15(8-10-16)21-12-11-18(31-21)13-17(14-25)22-26-20-6-4-3-5-19(20)23(28)27-22/h3-13,19H,2H2,1H3/b17-13+. The first-order chi connectivity index (χ1) is 15.1. The zero-order valence-corrected chi connectivity index (χ0v) is 16.6. The van der Waals surface area contributed by atoms with Gasteiger partial charge in [-0.2, -0.15) is 10.3 Å². The van der Waals surface area contributed by atoms with Gasteiger partial charge in [0.05, 0.1) is 17.9 Å². The quantitative estimate of drug-likeness (QED) is 0.543. The highest BCUT2D eigenvalue weighted by Gasteiger charge is 2.27. The first kappa shape index (κ1) is 20.0. The summed E-state index contributed by atoms with van der Waals surface area (Å²) in [5, 5.41) is 9.57. The van der Waals surface area contributed by atoms with E-state index in [2.05, 4.69) is 9.98 Å². The van der Waals surface area contributed by atoms with E-state index >= 15 is 0 Å². The van der Waals surface area contributed by atoms with Crippen LogP contribution in [0, 0.1) is 17.2 Å². The summed E-state index contributed by atoms with van der Waals surface area (Å²) in [6, 6.07) is 12.3. The van der Waals surface area contributed by atoms with Gasteiger partial charge in [0.1, 0.15) is 29.1 Å². The molecule has 1 unspecified atom stereocenters. The number of rotatable bonds is 5. The van der Waals surface area contributed by atoms with E-state index in [4.69, 9.17) is 9.15 Å². The average molecular weight is 411 g/mol. The van der Waals surface area contributed by atoms with E-state index in [1.165, 1.54) is 6.08 Å². The second-order valence-corrected chi connectivity index (χ2v) is 6.70. The Morgan fingerprint density at radius 3 is 2.74 bits per heavy atom. The fraction of sp³-hybridized carbons (Fsp3) is 0.125. The molecule has 0 saturated heterocycles. The zero-order valence-electron chi connectivity index (χ0n) is 16.6. The largest absolute Gasteiger partial charge is 0.462 e. The van der Waals surface area contributed by atoms with Crippen molar-refractivity contribution < 1.29 is 18.7 Å². The third kappa shape index (κ3) is 4.19. The van der Waals surface area contributed by atoms with Crippen molar-refractivity contribution in [1.29, 1.82) is 5.26 Å². The number of amides is 1.